The van der Waals surface area contributed by atoms with E-state index in [0.29, 0.717) is 0 Å². The van der Waals surface area contributed by atoms with Gasteiger partial charge < -0.3 is 5.32 Å². The first-order valence-corrected chi connectivity index (χ1v) is 5.22. The van der Waals surface area contributed by atoms with Crippen molar-refractivity contribution in [1.82, 2.24) is 5.32 Å². The van der Waals surface area contributed by atoms with Crippen LogP contribution in [-0.4, -0.2) is 12.6 Å². The molecule has 1 nitrogen and oxygen atoms in total. The van der Waals surface area contributed by atoms with Crippen LogP contribution in [0.25, 0.3) is 0 Å². The van der Waals surface area contributed by atoms with Gasteiger partial charge in [-0.1, -0.05) is 18.9 Å². The molecule has 0 aromatic rings. The van der Waals surface area contributed by atoms with Crippen LogP contribution in [0.5, 0.6) is 0 Å². The van der Waals surface area contributed by atoms with Gasteiger partial charge in [-0.2, -0.15) is 0 Å². The molecule has 1 unspecified atom stereocenters. The molecule has 68 valence electrons. The van der Waals surface area contributed by atoms with Crippen LogP contribution in [0.2, 0.25) is 0 Å². The smallest absolute Gasteiger partial charge is 0.0135 e. The molecule has 0 aromatic carbocycles. The zero-order chi connectivity index (χ0) is 8.44. The molecule has 0 heterocycles. The quantitative estimate of drug-likeness (QED) is 0.633. The fourth-order valence-corrected chi connectivity index (χ4v) is 2.91. The number of hydrogen-bond acceptors (Lipinski definition) is 1. The monoisotopic (exact) mass is 165 g/mol. The van der Waals surface area contributed by atoms with E-state index in [0.717, 1.165) is 18.0 Å². The molecular weight excluding hydrogens is 146 g/mol. The van der Waals surface area contributed by atoms with E-state index >= 15 is 0 Å². The van der Waals surface area contributed by atoms with Gasteiger partial charge in [-0.15, -0.1) is 6.58 Å². The maximum absolute atomic E-state index is 3.75. The van der Waals surface area contributed by atoms with Crippen molar-refractivity contribution >= 4 is 0 Å². The zero-order valence-corrected chi connectivity index (χ0v) is 7.81. The minimum Gasteiger partial charge on any atom is -0.310 e. The molecule has 1 atom stereocenters. The molecule has 0 bridgehead atoms. The highest BCUT2D eigenvalue weighted by Gasteiger charge is 2.46. The Morgan fingerprint density at radius 2 is 2.08 bits per heavy atom. The standard InChI is InChI=1S/C11H19N/c1-2-9-12-10-5-3-6-11(10)7-4-8-11/h2,10,12H,1,3-9H2. The van der Waals surface area contributed by atoms with Crippen molar-refractivity contribution in [3.05, 3.63) is 12.7 Å². The minimum absolute atomic E-state index is 0.725. The van der Waals surface area contributed by atoms with Crippen molar-refractivity contribution in [2.75, 3.05) is 6.54 Å². The molecule has 1 N–H and O–H groups in total. The van der Waals surface area contributed by atoms with Gasteiger partial charge in [0.05, 0.1) is 0 Å². The summed E-state index contributed by atoms with van der Waals surface area (Å²) < 4.78 is 0. The van der Waals surface area contributed by atoms with Crippen LogP contribution >= 0.6 is 0 Å². The summed E-state index contributed by atoms with van der Waals surface area (Å²) in [6, 6.07) is 0.809. The van der Waals surface area contributed by atoms with Crippen LogP contribution < -0.4 is 5.32 Å². The van der Waals surface area contributed by atoms with E-state index in [2.05, 4.69) is 11.9 Å². The van der Waals surface area contributed by atoms with Gasteiger partial charge in [-0.25, -0.2) is 0 Å². The van der Waals surface area contributed by atoms with E-state index < -0.39 is 0 Å². The van der Waals surface area contributed by atoms with E-state index in [1.807, 2.05) is 6.08 Å². The maximum Gasteiger partial charge on any atom is 0.0135 e. The van der Waals surface area contributed by atoms with Crippen molar-refractivity contribution in [3.63, 3.8) is 0 Å². The van der Waals surface area contributed by atoms with E-state index in [4.69, 9.17) is 0 Å². The number of rotatable bonds is 3. The first kappa shape index (κ1) is 8.31. The first-order chi connectivity index (χ1) is 5.87. The number of nitrogens with one attached hydrogen (secondary N) is 1. The largest absolute Gasteiger partial charge is 0.310 e. The van der Waals surface area contributed by atoms with Crippen molar-refractivity contribution in [2.45, 2.75) is 44.6 Å². The molecule has 0 radical (unpaired) electrons. The second-order valence-corrected chi connectivity index (χ2v) is 4.36. The summed E-state index contributed by atoms with van der Waals surface area (Å²) in [6.07, 6.45) is 10.7. The Morgan fingerprint density at radius 1 is 1.33 bits per heavy atom. The minimum atomic E-state index is 0.725. The Bertz CT molecular complexity index is 170. The summed E-state index contributed by atoms with van der Waals surface area (Å²) in [5.41, 5.74) is 0.725. The van der Waals surface area contributed by atoms with Crippen LogP contribution in [0, 0.1) is 5.41 Å². The Hall–Kier alpha value is -0.300. The second-order valence-electron chi connectivity index (χ2n) is 4.36. The molecular formula is C11H19N. The first-order valence-electron chi connectivity index (χ1n) is 5.22. The van der Waals surface area contributed by atoms with Gasteiger partial charge in [0.1, 0.15) is 0 Å². The van der Waals surface area contributed by atoms with Crippen LogP contribution in [0.3, 0.4) is 0 Å². The molecule has 1 spiro atoms. The fraction of sp³-hybridized carbons (Fsp3) is 0.818. The predicted molar refractivity (Wildman–Crippen MR) is 52.1 cm³/mol. The molecule has 2 rings (SSSR count). The van der Waals surface area contributed by atoms with Gasteiger partial charge in [-0.3, -0.25) is 0 Å². The van der Waals surface area contributed by atoms with Crippen LogP contribution in [-0.2, 0) is 0 Å². The number of hydrogen-bond donors (Lipinski definition) is 1. The summed E-state index contributed by atoms with van der Waals surface area (Å²) in [4.78, 5) is 0. The molecule has 2 aliphatic rings. The lowest BCUT2D eigenvalue weighted by atomic mass is 9.65. The summed E-state index contributed by atoms with van der Waals surface area (Å²) >= 11 is 0. The van der Waals surface area contributed by atoms with Crippen LogP contribution in [0.15, 0.2) is 12.7 Å². The summed E-state index contributed by atoms with van der Waals surface area (Å²) in [5, 5.41) is 3.61. The van der Waals surface area contributed by atoms with Crippen LogP contribution in [0.4, 0.5) is 0 Å². The lowest BCUT2D eigenvalue weighted by Gasteiger charge is -2.44. The Labute approximate surface area is 75.2 Å². The zero-order valence-electron chi connectivity index (χ0n) is 7.81. The summed E-state index contributed by atoms with van der Waals surface area (Å²) in [5.74, 6) is 0. The summed E-state index contributed by atoms with van der Waals surface area (Å²) in [7, 11) is 0. The van der Waals surface area contributed by atoms with Crippen molar-refractivity contribution in [2.24, 2.45) is 5.41 Å². The topological polar surface area (TPSA) is 12.0 Å². The van der Waals surface area contributed by atoms with Gasteiger partial charge in [0.25, 0.3) is 0 Å². The lowest BCUT2D eigenvalue weighted by molar-refractivity contribution is 0.103. The van der Waals surface area contributed by atoms with Crippen molar-refractivity contribution < 1.29 is 0 Å². The molecule has 0 aromatic heterocycles. The van der Waals surface area contributed by atoms with Gasteiger partial charge in [0.15, 0.2) is 0 Å². The Kier molecular flexibility index (Phi) is 2.22. The molecule has 2 saturated carbocycles. The van der Waals surface area contributed by atoms with E-state index in [1.54, 1.807) is 0 Å². The SMILES string of the molecule is C=CCNC1CCCC12CCC2. The lowest BCUT2D eigenvalue weighted by Crippen LogP contribution is -2.45. The maximum atomic E-state index is 3.75. The van der Waals surface area contributed by atoms with Gasteiger partial charge in [0.2, 0.25) is 0 Å². The summed E-state index contributed by atoms with van der Waals surface area (Å²) in [6.45, 7) is 4.74. The van der Waals surface area contributed by atoms with Gasteiger partial charge >= 0.3 is 0 Å². The van der Waals surface area contributed by atoms with Gasteiger partial charge in [0, 0.05) is 12.6 Å². The average molecular weight is 165 g/mol. The molecule has 0 amide bonds. The fourth-order valence-electron chi connectivity index (χ4n) is 2.91. The van der Waals surface area contributed by atoms with E-state index in [-0.39, 0.29) is 0 Å². The molecule has 12 heavy (non-hydrogen) atoms. The highest BCUT2D eigenvalue weighted by molar-refractivity contribution is 5.01. The van der Waals surface area contributed by atoms with Crippen molar-refractivity contribution in [3.8, 4) is 0 Å². The molecule has 0 aliphatic heterocycles. The third-order valence-corrected chi connectivity index (χ3v) is 3.76. The average Bonchev–Trinajstić information content (AvgIpc) is 2.42. The second kappa shape index (κ2) is 3.21. The van der Waals surface area contributed by atoms with E-state index in [9.17, 15) is 0 Å². The van der Waals surface area contributed by atoms with Crippen molar-refractivity contribution in [1.29, 1.82) is 0 Å². The molecule has 1 heteroatoms. The van der Waals surface area contributed by atoms with Crippen LogP contribution in [0.1, 0.15) is 38.5 Å². The predicted octanol–water partition coefficient (Wildman–Crippen LogP) is 2.48. The highest BCUT2D eigenvalue weighted by atomic mass is 14.9. The molecule has 2 fully saturated rings. The Morgan fingerprint density at radius 3 is 2.67 bits per heavy atom. The van der Waals surface area contributed by atoms with E-state index in [1.165, 1.54) is 38.5 Å². The third-order valence-electron chi connectivity index (χ3n) is 3.76. The molecule has 0 saturated heterocycles. The Balaban J connectivity index is 1.90. The van der Waals surface area contributed by atoms with Gasteiger partial charge in [-0.05, 0) is 31.1 Å². The molecule has 2 aliphatic carbocycles. The normalized spacial score (nSPS) is 31.8. The third kappa shape index (κ3) is 1.20. The highest BCUT2D eigenvalue weighted by Crippen LogP contribution is 2.53.